The van der Waals surface area contributed by atoms with E-state index in [-0.39, 0.29) is 0 Å². The second-order valence-corrected chi connectivity index (χ2v) is 5.68. The molecule has 0 unspecified atom stereocenters. The largest absolute Gasteiger partial charge is 0.258 e. The summed E-state index contributed by atoms with van der Waals surface area (Å²) in [6.45, 7) is 3.98. The van der Waals surface area contributed by atoms with E-state index >= 15 is 0 Å². The number of halogens is 1. The van der Waals surface area contributed by atoms with Crippen LogP contribution in [0.4, 0.5) is 0 Å². The maximum Gasteiger partial charge on any atom is 0.178 e. The third kappa shape index (κ3) is 1.93. The molecule has 2 rings (SSSR count). The van der Waals surface area contributed by atoms with Crippen LogP contribution in [0.2, 0.25) is 0 Å². The van der Waals surface area contributed by atoms with Gasteiger partial charge in [0.15, 0.2) is 3.01 Å². The molecule has 0 aliphatic heterocycles. The van der Waals surface area contributed by atoms with Crippen LogP contribution in [0.25, 0.3) is 10.6 Å². The number of hydrogen-bond acceptors (Lipinski definition) is 4. The van der Waals surface area contributed by atoms with Gasteiger partial charge in [0.05, 0.1) is 0 Å². The van der Waals surface area contributed by atoms with E-state index in [0.717, 1.165) is 25.0 Å². The molecule has 2 aromatic rings. The highest BCUT2D eigenvalue weighted by molar-refractivity contribution is 14.1. The van der Waals surface area contributed by atoms with Crippen LogP contribution < -0.4 is 0 Å². The molecular formula is C9H8IN3S. The second-order valence-electron chi connectivity index (χ2n) is 2.95. The lowest BCUT2D eigenvalue weighted by Crippen LogP contribution is -1.89. The maximum atomic E-state index is 4.40. The summed E-state index contributed by atoms with van der Waals surface area (Å²) in [5.41, 5.74) is 3.12. The quantitative estimate of drug-likeness (QED) is 0.759. The maximum absolute atomic E-state index is 4.40. The Morgan fingerprint density at radius 3 is 2.57 bits per heavy atom. The SMILES string of the molecule is Cc1ccc(-c2nnc(I)s2)c(C)n1. The number of aromatic nitrogens is 3. The number of pyridine rings is 1. The van der Waals surface area contributed by atoms with Gasteiger partial charge in [-0.2, -0.15) is 0 Å². The fourth-order valence-corrected chi connectivity index (χ4v) is 2.61. The summed E-state index contributed by atoms with van der Waals surface area (Å²) in [6, 6.07) is 4.05. The van der Waals surface area contributed by atoms with Crippen LogP contribution in [0.15, 0.2) is 12.1 Å². The normalized spacial score (nSPS) is 10.5. The van der Waals surface area contributed by atoms with Crippen molar-refractivity contribution in [1.82, 2.24) is 15.2 Å². The summed E-state index contributed by atoms with van der Waals surface area (Å²) in [5, 5.41) is 9.03. The van der Waals surface area contributed by atoms with Gasteiger partial charge in [-0.25, -0.2) is 0 Å². The Balaban J connectivity index is 2.52. The first-order valence-electron chi connectivity index (χ1n) is 4.10. The van der Waals surface area contributed by atoms with Gasteiger partial charge in [-0.15, -0.1) is 10.2 Å². The van der Waals surface area contributed by atoms with Crippen molar-refractivity contribution in [3.8, 4) is 10.6 Å². The van der Waals surface area contributed by atoms with Gasteiger partial charge in [0.1, 0.15) is 5.01 Å². The molecule has 0 aliphatic carbocycles. The van der Waals surface area contributed by atoms with Gasteiger partial charge >= 0.3 is 0 Å². The lowest BCUT2D eigenvalue weighted by Gasteiger charge is -2.00. The molecule has 0 aliphatic rings. The highest BCUT2D eigenvalue weighted by Gasteiger charge is 2.08. The zero-order chi connectivity index (χ0) is 10.1. The summed E-state index contributed by atoms with van der Waals surface area (Å²) < 4.78 is 0.956. The summed E-state index contributed by atoms with van der Waals surface area (Å²) in [7, 11) is 0. The average Bonchev–Trinajstić information content (AvgIpc) is 2.51. The van der Waals surface area contributed by atoms with Crippen molar-refractivity contribution in [2.75, 3.05) is 0 Å². The molecular weight excluding hydrogens is 309 g/mol. The van der Waals surface area contributed by atoms with Crippen molar-refractivity contribution in [3.63, 3.8) is 0 Å². The first-order valence-corrected chi connectivity index (χ1v) is 6.00. The minimum Gasteiger partial charge on any atom is -0.258 e. The van der Waals surface area contributed by atoms with E-state index in [0.29, 0.717) is 0 Å². The van der Waals surface area contributed by atoms with E-state index in [1.54, 1.807) is 11.3 Å². The summed E-state index contributed by atoms with van der Waals surface area (Å²) in [4.78, 5) is 4.40. The van der Waals surface area contributed by atoms with Gasteiger partial charge in [-0.3, -0.25) is 4.98 Å². The third-order valence-electron chi connectivity index (χ3n) is 1.86. The molecule has 0 saturated heterocycles. The van der Waals surface area contributed by atoms with Crippen LogP contribution >= 0.6 is 33.9 Å². The van der Waals surface area contributed by atoms with Crippen molar-refractivity contribution < 1.29 is 0 Å². The number of hydrogen-bond donors (Lipinski definition) is 0. The Labute approximate surface area is 99.7 Å². The molecule has 0 radical (unpaired) electrons. The van der Waals surface area contributed by atoms with Crippen molar-refractivity contribution in [2.45, 2.75) is 13.8 Å². The highest BCUT2D eigenvalue weighted by atomic mass is 127. The van der Waals surface area contributed by atoms with E-state index in [1.807, 2.05) is 26.0 Å². The molecule has 14 heavy (non-hydrogen) atoms. The van der Waals surface area contributed by atoms with Crippen LogP contribution in [0.3, 0.4) is 0 Å². The van der Waals surface area contributed by atoms with E-state index in [4.69, 9.17) is 0 Å². The van der Waals surface area contributed by atoms with Gasteiger partial charge in [-0.1, -0.05) is 11.3 Å². The molecule has 0 amide bonds. The minimum absolute atomic E-state index is 0.944. The van der Waals surface area contributed by atoms with Gasteiger partial charge < -0.3 is 0 Å². The Kier molecular flexibility index (Phi) is 2.78. The minimum atomic E-state index is 0.944. The van der Waals surface area contributed by atoms with E-state index < -0.39 is 0 Å². The standard InChI is InChI=1S/C9H8IN3S/c1-5-3-4-7(6(2)11-5)8-12-13-9(10)14-8/h3-4H,1-2H3. The van der Waals surface area contributed by atoms with E-state index in [1.165, 1.54) is 0 Å². The fourth-order valence-electron chi connectivity index (χ4n) is 1.23. The number of nitrogens with zero attached hydrogens (tertiary/aromatic N) is 3. The first kappa shape index (κ1) is 9.97. The van der Waals surface area contributed by atoms with E-state index in [2.05, 4.69) is 37.8 Å². The topological polar surface area (TPSA) is 38.7 Å². The average molecular weight is 317 g/mol. The van der Waals surface area contributed by atoms with Gasteiger partial charge in [-0.05, 0) is 48.6 Å². The molecule has 2 heterocycles. The van der Waals surface area contributed by atoms with Crippen molar-refractivity contribution in [3.05, 3.63) is 26.5 Å². The van der Waals surface area contributed by atoms with Crippen molar-refractivity contribution in [1.29, 1.82) is 0 Å². The van der Waals surface area contributed by atoms with Crippen LogP contribution in [-0.4, -0.2) is 15.2 Å². The Morgan fingerprint density at radius 2 is 2.00 bits per heavy atom. The second kappa shape index (κ2) is 3.90. The molecule has 0 fully saturated rings. The van der Waals surface area contributed by atoms with Crippen LogP contribution in [0.5, 0.6) is 0 Å². The van der Waals surface area contributed by atoms with Crippen LogP contribution in [-0.2, 0) is 0 Å². The zero-order valence-electron chi connectivity index (χ0n) is 7.78. The summed E-state index contributed by atoms with van der Waals surface area (Å²) in [5.74, 6) is 0. The predicted molar refractivity (Wildman–Crippen MR) is 65.3 cm³/mol. The monoisotopic (exact) mass is 317 g/mol. The van der Waals surface area contributed by atoms with Gasteiger partial charge in [0, 0.05) is 17.0 Å². The molecule has 0 spiro atoms. The lowest BCUT2D eigenvalue weighted by atomic mass is 10.2. The molecule has 3 nitrogen and oxygen atoms in total. The third-order valence-corrected chi connectivity index (χ3v) is 3.48. The summed E-state index contributed by atoms with van der Waals surface area (Å²) >= 11 is 3.76. The zero-order valence-corrected chi connectivity index (χ0v) is 10.8. The summed E-state index contributed by atoms with van der Waals surface area (Å²) in [6.07, 6.45) is 0. The predicted octanol–water partition coefficient (Wildman–Crippen LogP) is 2.82. The Bertz CT molecular complexity index is 467. The highest BCUT2D eigenvalue weighted by Crippen LogP contribution is 2.26. The first-order chi connectivity index (χ1) is 6.66. The molecule has 0 saturated carbocycles. The lowest BCUT2D eigenvalue weighted by molar-refractivity contribution is 1.06. The fraction of sp³-hybridized carbons (Fsp3) is 0.222. The molecule has 0 N–H and O–H groups in total. The van der Waals surface area contributed by atoms with Crippen molar-refractivity contribution in [2.24, 2.45) is 0 Å². The number of rotatable bonds is 1. The van der Waals surface area contributed by atoms with Gasteiger partial charge in [0.2, 0.25) is 0 Å². The Hall–Kier alpha value is -0.560. The molecule has 2 aromatic heterocycles. The molecule has 5 heteroatoms. The molecule has 72 valence electrons. The smallest absolute Gasteiger partial charge is 0.178 e. The van der Waals surface area contributed by atoms with Crippen LogP contribution in [0, 0.1) is 16.9 Å². The van der Waals surface area contributed by atoms with Crippen molar-refractivity contribution >= 4 is 33.9 Å². The van der Waals surface area contributed by atoms with Gasteiger partial charge in [0.25, 0.3) is 0 Å². The number of aryl methyl sites for hydroxylation is 2. The molecule has 0 atom stereocenters. The van der Waals surface area contributed by atoms with E-state index in [9.17, 15) is 0 Å². The molecule has 0 aromatic carbocycles. The van der Waals surface area contributed by atoms with Crippen LogP contribution in [0.1, 0.15) is 11.4 Å². The molecule has 0 bridgehead atoms. The Morgan fingerprint density at radius 1 is 1.21 bits per heavy atom.